The number of thiophene rings is 1. The first-order valence-electron chi connectivity index (χ1n) is 7.87. The molecule has 120 valence electrons. The summed E-state index contributed by atoms with van der Waals surface area (Å²) in [6, 6.07) is 7.36. The summed E-state index contributed by atoms with van der Waals surface area (Å²) in [6.07, 6.45) is 3.96. The van der Waals surface area contributed by atoms with Crippen molar-refractivity contribution < 1.29 is 9.90 Å². The number of hydrogen-bond donors (Lipinski definition) is 2. The number of hydrogen-bond acceptors (Lipinski definition) is 4. The summed E-state index contributed by atoms with van der Waals surface area (Å²) >= 11 is 1.56. The third-order valence-electron chi connectivity index (χ3n) is 4.06. The lowest BCUT2D eigenvalue weighted by molar-refractivity contribution is 0.0958. The van der Waals surface area contributed by atoms with Crippen LogP contribution in [0.25, 0.3) is 0 Å². The fraction of sp³-hybridized carbons (Fsp3) is 0.333. The SMILES string of the molecule is CC/C(=N\NC(=O)c1cc2c(s1)CCC2)c1cc(C)ccc1O. The lowest BCUT2D eigenvalue weighted by Crippen LogP contribution is -2.19. The molecule has 1 aromatic carbocycles. The number of aromatic hydroxyl groups is 1. The van der Waals surface area contributed by atoms with E-state index < -0.39 is 0 Å². The second-order valence-corrected chi connectivity index (χ2v) is 6.92. The maximum atomic E-state index is 12.3. The lowest BCUT2D eigenvalue weighted by Gasteiger charge is -2.08. The Kier molecular flexibility index (Phi) is 4.48. The third-order valence-corrected chi connectivity index (χ3v) is 5.30. The Morgan fingerprint density at radius 3 is 2.91 bits per heavy atom. The summed E-state index contributed by atoms with van der Waals surface area (Å²) in [4.78, 5) is 14.3. The van der Waals surface area contributed by atoms with Crippen molar-refractivity contribution in [2.24, 2.45) is 5.10 Å². The highest BCUT2D eigenvalue weighted by atomic mass is 32.1. The number of benzene rings is 1. The summed E-state index contributed by atoms with van der Waals surface area (Å²) in [5, 5.41) is 14.2. The molecule has 23 heavy (non-hydrogen) atoms. The van der Waals surface area contributed by atoms with Gasteiger partial charge >= 0.3 is 0 Å². The number of phenols is 1. The topological polar surface area (TPSA) is 61.7 Å². The second kappa shape index (κ2) is 6.54. The number of phenolic OH excluding ortho intramolecular Hbond substituents is 1. The highest BCUT2D eigenvalue weighted by Crippen LogP contribution is 2.30. The van der Waals surface area contributed by atoms with E-state index in [4.69, 9.17) is 0 Å². The van der Waals surface area contributed by atoms with Crippen LogP contribution in [0.15, 0.2) is 29.4 Å². The van der Waals surface area contributed by atoms with Gasteiger partial charge in [-0.1, -0.05) is 18.6 Å². The van der Waals surface area contributed by atoms with Crippen LogP contribution in [0.4, 0.5) is 0 Å². The van der Waals surface area contributed by atoms with E-state index in [1.165, 1.54) is 16.9 Å². The predicted octanol–water partition coefficient (Wildman–Crippen LogP) is 3.79. The number of rotatable bonds is 4. The van der Waals surface area contributed by atoms with Crippen LogP contribution in [-0.4, -0.2) is 16.7 Å². The molecule has 1 aliphatic carbocycles. The second-order valence-electron chi connectivity index (χ2n) is 5.79. The quantitative estimate of drug-likeness (QED) is 0.662. The zero-order chi connectivity index (χ0) is 16.4. The number of fused-ring (bicyclic) bond motifs is 1. The van der Waals surface area contributed by atoms with E-state index in [0.717, 1.165) is 18.4 Å². The van der Waals surface area contributed by atoms with Gasteiger partial charge in [-0.05, 0) is 56.4 Å². The number of nitrogens with one attached hydrogen (secondary N) is 1. The molecule has 0 spiro atoms. The number of carbonyl (C=O) groups is 1. The van der Waals surface area contributed by atoms with Gasteiger partial charge < -0.3 is 5.11 Å². The minimum absolute atomic E-state index is 0.178. The maximum Gasteiger partial charge on any atom is 0.281 e. The van der Waals surface area contributed by atoms with Crippen LogP contribution in [0.5, 0.6) is 5.75 Å². The zero-order valence-electron chi connectivity index (χ0n) is 13.3. The first-order valence-corrected chi connectivity index (χ1v) is 8.68. The Morgan fingerprint density at radius 1 is 1.35 bits per heavy atom. The van der Waals surface area contributed by atoms with E-state index in [-0.39, 0.29) is 11.7 Å². The number of amides is 1. The number of carbonyl (C=O) groups excluding carboxylic acids is 1. The van der Waals surface area contributed by atoms with Crippen LogP contribution in [-0.2, 0) is 12.8 Å². The fourth-order valence-electron chi connectivity index (χ4n) is 2.83. The smallest absolute Gasteiger partial charge is 0.281 e. The molecular formula is C18H20N2O2S. The van der Waals surface area contributed by atoms with Crippen LogP contribution in [0.1, 0.15) is 51.0 Å². The molecule has 0 unspecified atom stereocenters. The molecule has 2 aromatic rings. The summed E-state index contributed by atoms with van der Waals surface area (Å²) in [5.41, 5.74) is 6.31. The minimum Gasteiger partial charge on any atom is -0.507 e. The monoisotopic (exact) mass is 328 g/mol. The van der Waals surface area contributed by atoms with Crippen molar-refractivity contribution in [3.8, 4) is 5.75 Å². The number of nitrogens with zero attached hydrogens (tertiary/aromatic N) is 1. The van der Waals surface area contributed by atoms with Crippen LogP contribution in [0.3, 0.4) is 0 Å². The molecule has 1 aromatic heterocycles. The van der Waals surface area contributed by atoms with Gasteiger partial charge in [0.2, 0.25) is 0 Å². The van der Waals surface area contributed by atoms with Crippen molar-refractivity contribution in [1.82, 2.24) is 5.43 Å². The molecule has 5 heteroatoms. The van der Waals surface area contributed by atoms with Gasteiger partial charge in [-0.25, -0.2) is 5.43 Å². The predicted molar refractivity (Wildman–Crippen MR) is 93.5 cm³/mol. The molecular weight excluding hydrogens is 308 g/mol. The zero-order valence-corrected chi connectivity index (χ0v) is 14.2. The van der Waals surface area contributed by atoms with E-state index in [9.17, 15) is 9.90 Å². The lowest BCUT2D eigenvalue weighted by atomic mass is 10.0. The molecule has 4 nitrogen and oxygen atoms in total. The number of hydrazone groups is 1. The van der Waals surface area contributed by atoms with E-state index >= 15 is 0 Å². The van der Waals surface area contributed by atoms with Crippen molar-refractivity contribution in [2.75, 3.05) is 0 Å². The average molecular weight is 328 g/mol. The maximum absolute atomic E-state index is 12.3. The van der Waals surface area contributed by atoms with Crippen LogP contribution >= 0.6 is 11.3 Å². The molecule has 1 amide bonds. The van der Waals surface area contributed by atoms with Crippen molar-refractivity contribution >= 4 is 23.0 Å². The summed E-state index contributed by atoms with van der Waals surface area (Å²) in [6.45, 7) is 3.91. The van der Waals surface area contributed by atoms with Gasteiger partial charge in [-0.15, -0.1) is 11.3 Å². The van der Waals surface area contributed by atoms with Gasteiger partial charge in [0.05, 0.1) is 10.6 Å². The molecule has 0 fully saturated rings. The first-order chi connectivity index (χ1) is 11.1. The Labute approximate surface area is 139 Å². The first kappa shape index (κ1) is 15.7. The van der Waals surface area contributed by atoms with Gasteiger partial charge in [0.15, 0.2) is 0 Å². The highest BCUT2D eigenvalue weighted by molar-refractivity contribution is 7.14. The Morgan fingerprint density at radius 2 is 2.17 bits per heavy atom. The normalized spacial score (nSPS) is 13.9. The molecule has 0 saturated heterocycles. The molecule has 0 saturated carbocycles. The molecule has 1 aliphatic rings. The van der Waals surface area contributed by atoms with Gasteiger partial charge in [-0.3, -0.25) is 4.79 Å². The molecule has 0 aliphatic heterocycles. The van der Waals surface area contributed by atoms with Crippen LogP contribution < -0.4 is 5.43 Å². The molecule has 1 heterocycles. The van der Waals surface area contributed by atoms with Gasteiger partial charge in [-0.2, -0.15) is 5.10 Å². The molecule has 0 bridgehead atoms. The van der Waals surface area contributed by atoms with E-state index in [0.29, 0.717) is 22.6 Å². The van der Waals surface area contributed by atoms with Gasteiger partial charge in [0, 0.05) is 10.4 Å². The number of aryl methyl sites for hydroxylation is 3. The molecule has 2 N–H and O–H groups in total. The van der Waals surface area contributed by atoms with Gasteiger partial charge in [0.1, 0.15) is 5.75 Å². The van der Waals surface area contributed by atoms with Crippen molar-refractivity contribution in [1.29, 1.82) is 0 Å². The highest BCUT2D eigenvalue weighted by Gasteiger charge is 2.18. The van der Waals surface area contributed by atoms with Crippen LogP contribution in [0, 0.1) is 6.92 Å². The van der Waals surface area contributed by atoms with E-state index in [2.05, 4.69) is 10.5 Å². The Hall–Kier alpha value is -2.14. The Bertz CT molecular complexity index is 756. The molecule has 0 radical (unpaired) electrons. The summed E-state index contributed by atoms with van der Waals surface area (Å²) in [5.74, 6) is 0.00282. The van der Waals surface area contributed by atoms with E-state index in [1.54, 1.807) is 17.4 Å². The fourth-order valence-corrected chi connectivity index (χ4v) is 3.97. The van der Waals surface area contributed by atoms with E-state index in [1.807, 2.05) is 32.0 Å². The van der Waals surface area contributed by atoms with Crippen molar-refractivity contribution in [2.45, 2.75) is 39.5 Å². The van der Waals surface area contributed by atoms with Crippen molar-refractivity contribution in [3.63, 3.8) is 0 Å². The minimum atomic E-state index is -0.178. The standard InChI is InChI=1S/C18H20N2O2S/c1-3-14(13-9-11(2)7-8-15(13)21)19-20-18(22)17-10-12-5-4-6-16(12)23-17/h7-10,21H,3-6H2,1-2H3,(H,20,22)/b19-14+. The molecule has 0 atom stereocenters. The average Bonchev–Trinajstić information content (AvgIpc) is 3.12. The summed E-state index contributed by atoms with van der Waals surface area (Å²) < 4.78 is 0. The Balaban J connectivity index is 1.78. The molecule has 3 rings (SSSR count). The summed E-state index contributed by atoms with van der Waals surface area (Å²) in [7, 11) is 0. The van der Waals surface area contributed by atoms with Gasteiger partial charge in [0.25, 0.3) is 5.91 Å². The third kappa shape index (κ3) is 3.29. The largest absolute Gasteiger partial charge is 0.507 e. The van der Waals surface area contributed by atoms with Crippen molar-refractivity contribution in [3.05, 3.63) is 50.7 Å². The van der Waals surface area contributed by atoms with Crippen LogP contribution in [0.2, 0.25) is 0 Å².